The van der Waals surface area contributed by atoms with E-state index in [2.05, 4.69) is 10.6 Å². The summed E-state index contributed by atoms with van der Waals surface area (Å²) < 4.78 is 51.4. The van der Waals surface area contributed by atoms with Crippen molar-refractivity contribution in [2.45, 2.75) is 18.2 Å². The van der Waals surface area contributed by atoms with Crippen molar-refractivity contribution in [3.8, 4) is 0 Å². The molecule has 0 aromatic heterocycles. The number of benzene rings is 2. The maximum atomic E-state index is 12.8. The average molecular weight is 411 g/mol. The number of carbonyl (C=O) groups is 2. The van der Waals surface area contributed by atoms with Gasteiger partial charge >= 0.3 is 0 Å². The van der Waals surface area contributed by atoms with Crippen molar-refractivity contribution in [1.29, 1.82) is 0 Å². The van der Waals surface area contributed by atoms with Crippen LogP contribution in [-0.2, 0) is 19.6 Å². The van der Waals surface area contributed by atoms with E-state index in [0.29, 0.717) is 11.4 Å². The number of likely N-dealkylation sites (N-methyl/N-ethyl adjacent to an activating group) is 1. The number of alkyl halides is 2. The molecule has 0 aliphatic heterocycles. The van der Waals surface area contributed by atoms with Gasteiger partial charge in [-0.1, -0.05) is 18.2 Å². The highest BCUT2D eigenvalue weighted by molar-refractivity contribution is 7.89. The molecule has 10 heteroatoms. The number of sulfonamides is 1. The fourth-order valence-electron chi connectivity index (χ4n) is 2.36. The molecule has 0 saturated carbocycles. The molecule has 2 rings (SSSR count). The maximum Gasteiger partial charge on any atom is 0.263 e. The Kier molecular flexibility index (Phi) is 6.81. The van der Waals surface area contributed by atoms with Crippen molar-refractivity contribution in [3.63, 3.8) is 0 Å². The SMILES string of the molecule is CC(=O)Nc1cccc(NC(=O)CN(C)S(=O)(=O)c2cccc(C(F)F)c2)c1. The van der Waals surface area contributed by atoms with Crippen LogP contribution < -0.4 is 10.6 Å². The van der Waals surface area contributed by atoms with E-state index in [9.17, 15) is 26.8 Å². The van der Waals surface area contributed by atoms with Crippen LogP contribution in [0.3, 0.4) is 0 Å². The number of amides is 2. The second-order valence-electron chi connectivity index (χ2n) is 5.94. The molecule has 28 heavy (non-hydrogen) atoms. The van der Waals surface area contributed by atoms with Crippen molar-refractivity contribution in [1.82, 2.24) is 4.31 Å². The third-order valence-electron chi connectivity index (χ3n) is 3.65. The number of hydrogen-bond donors (Lipinski definition) is 2. The minimum atomic E-state index is -4.12. The Morgan fingerprint density at radius 2 is 1.64 bits per heavy atom. The second kappa shape index (κ2) is 8.89. The Bertz CT molecular complexity index is 980. The van der Waals surface area contributed by atoms with Gasteiger partial charge in [0.15, 0.2) is 0 Å². The lowest BCUT2D eigenvalue weighted by Crippen LogP contribution is -2.35. The summed E-state index contributed by atoms with van der Waals surface area (Å²) in [4.78, 5) is 22.9. The van der Waals surface area contributed by atoms with E-state index in [1.54, 1.807) is 18.2 Å². The molecule has 2 aromatic carbocycles. The van der Waals surface area contributed by atoms with Gasteiger partial charge in [-0.15, -0.1) is 0 Å². The first-order valence-electron chi connectivity index (χ1n) is 8.11. The molecule has 0 heterocycles. The van der Waals surface area contributed by atoms with Crippen molar-refractivity contribution < 1.29 is 26.8 Å². The molecular formula is C18H19F2N3O4S. The minimum absolute atomic E-state index is 0.277. The Balaban J connectivity index is 2.09. The second-order valence-corrected chi connectivity index (χ2v) is 7.99. The number of nitrogens with zero attached hydrogens (tertiary/aromatic N) is 1. The third kappa shape index (κ3) is 5.57. The molecule has 0 atom stereocenters. The van der Waals surface area contributed by atoms with E-state index in [1.807, 2.05) is 0 Å². The molecular weight excluding hydrogens is 392 g/mol. The van der Waals surface area contributed by atoms with Gasteiger partial charge in [0.25, 0.3) is 6.43 Å². The van der Waals surface area contributed by atoms with Crippen molar-refractivity contribution in [2.24, 2.45) is 0 Å². The van der Waals surface area contributed by atoms with Crippen molar-refractivity contribution in [3.05, 3.63) is 54.1 Å². The highest BCUT2D eigenvalue weighted by Crippen LogP contribution is 2.23. The predicted octanol–water partition coefficient (Wildman–Crippen LogP) is 2.84. The number of hydrogen-bond acceptors (Lipinski definition) is 4. The molecule has 0 aliphatic rings. The van der Waals surface area contributed by atoms with E-state index < -0.39 is 34.5 Å². The molecule has 2 N–H and O–H groups in total. The number of nitrogens with one attached hydrogen (secondary N) is 2. The summed E-state index contributed by atoms with van der Waals surface area (Å²) in [6.45, 7) is 0.819. The zero-order chi connectivity index (χ0) is 20.9. The molecule has 0 saturated heterocycles. The van der Waals surface area contributed by atoms with Crippen molar-refractivity contribution in [2.75, 3.05) is 24.2 Å². The summed E-state index contributed by atoms with van der Waals surface area (Å²) >= 11 is 0. The Morgan fingerprint density at radius 1 is 1.04 bits per heavy atom. The van der Waals surface area contributed by atoms with Crippen LogP contribution in [0.15, 0.2) is 53.4 Å². The van der Waals surface area contributed by atoms with Crippen LogP contribution in [0.1, 0.15) is 18.9 Å². The third-order valence-corrected chi connectivity index (χ3v) is 5.45. The largest absolute Gasteiger partial charge is 0.326 e. The summed E-state index contributed by atoms with van der Waals surface area (Å²) in [5.74, 6) is -0.906. The Hall–Kier alpha value is -2.85. The molecule has 0 fully saturated rings. The Labute approximate surface area is 161 Å². The van der Waals surface area contributed by atoms with E-state index in [4.69, 9.17) is 0 Å². The molecule has 0 aliphatic carbocycles. The van der Waals surface area contributed by atoms with Gasteiger partial charge in [0.1, 0.15) is 0 Å². The first kappa shape index (κ1) is 21.5. The van der Waals surface area contributed by atoms with E-state index in [1.165, 1.54) is 32.2 Å². The summed E-state index contributed by atoms with van der Waals surface area (Å²) in [5, 5.41) is 5.08. The summed E-state index contributed by atoms with van der Waals surface area (Å²) in [7, 11) is -2.95. The lowest BCUT2D eigenvalue weighted by Gasteiger charge is -2.17. The lowest BCUT2D eigenvalue weighted by molar-refractivity contribution is -0.116. The molecule has 0 unspecified atom stereocenters. The number of carbonyl (C=O) groups excluding carboxylic acids is 2. The van der Waals surface area contributed by atoms with Crippen LogP contribution in [0, 0.1) is 0 Å². The fraction of sp³-hybridized carbons (Fsp3) is 0.222. The van der Waals surface area contributed by atoms with Crippen molar-refractivity contribution >= 4 is 33.2 Å². The normalized spacial score (nSPS) is 11.5. The zero-order valence-electron chi connectivity index (χ0n) is 15.1. The van der Waals surface area contributed by atoms with Crippen LogP contribution in [0.5, 0.6) is 0 Å². The predicted molar refractivity (Wildman–Crippen MR) is 101 cm³/mol. The molecule has 0 bridgehead atoms. The van der Waals surface area contributed by atoms with Gasteiger partial charge in [-0.2, -0.15) is 4.31 Å². The molecule has 2 aromatic rings. The van der Waals surface area contributed by atoms with E-state index >= 15 is 0 Å². The van der Waals surface area contributed by atoms with Gasteiger partial charge < -0.3 is 10.6 Å². The molecule has 0 radical (unpaired) electrons. The average Bonchev–Trinajstić information content (AvgIpc) is 2.61. The van der Waals surface area contributed by atoms with Gasteiger partial charge in [-0.25, -0.2) is 17.2 Å². The summed E-state index contributed by atoms with van der Waals surface area (Å²) in [6, 6.07) is 10.7. The van der Waals surface area contributed by atoms with Crippen LogP contribution in [0.2, 0.25) is 0 Å². The number of anilines is 2. The molecule has 7 nitrogen and oxygen atoms in total. The summed E-state index contributed by atoms with van der Waals surface area (Å²) in [6.07, 6.45) is -2.81. The quantitative estimate of drug-likeness (QED) is 0.732. The maximum absolute atomic E-state index is 12.8. The van der Waals surface area contributed by atoms with Gasteiger partial charge in [-0.05, 0) is 30.3 Å². The van der Waals surface area contributed by atoms with Gasteiger partial charge in [0, 0.05) is 30.9 Å². The highest BCUT2D eigenvalue weighted by Gasteiger charge is 2.24. The fourth-order valence-corrected chi connectivity index (χ4v) is 3.54. The number of rotatable bonds is 7. The molecule has 2 amide bonds. The lowest BCUT2D eigenvalue weighted by atomic mass is 10.2. The summed E-state index contributed by atoms with van der Waals surface area (Å²) in [5.41, 5.74) is 0.408. The van der Waals surface area contributed by atoms with Crippen LogP contribution in [0.4, 0.5) is 20.2 Å². The minimum Gasteiger partial charge on any atom is -0.326 e. The standard InChI is InChI=1S/C18H19F2N3O4S/c1-12(24)21-14-6-4-7-15(10-14)22-17(25)11-23(2)28(26,27)16-8-3-5-13(9-16)18(19)20/h3-10,18H,11H2,1-2H3,(H,21,24)(H,22,25). The van der Waals surface area contributed by atoms with E-state index in [-0.39, 0.29) is 10.8 Å². The Morgan fingerprint density at radius 3 is 2.25 bits per heavy atom. The van der Waals surface area contributed by atoms with Crippen LogP contribution in [0.25, 0.3) is 0 Å². The first-order chi connectivity index (χ1) is 13.1. The monoisotopic (exact) mass is 411 g/mol. The zero-order valence-corrected chi connectivity index (χ0v) is 16.0. The van der Waals surface area contributed by atoms with Gasteiger partial charge in [0.05, 0.1) is 11.4 Å². The first-order valence-corrected chi connectivity index (χ1v) is 9.55. The van der Waals surface area contributed by atoms with Gasteiger partial charge in [0.2, 0.25) is 21.8 Å². The number of halogens is 2. The smallest absolute Gasteiger partial charge is 0.263 e. The van der Waals surface area contributed by atoms with Gasteiger partial charge in [-0.3, -0.25) is 9.59 Å². The molecule has 150 valence electrons. The van der Waals surface area contributed by atoms with E-state index in [0.717, 1.165) is 16.4 Å². The molecule has 0 spiro atoms. The van der Waals surface area contributed by atoms with Crippen LogP contribution in [-0.4, -0.2) is 38.1 Å². The highest BCUT2D eigenvalue weighted by atomic mass is 32.2. The van der Waals surface area contributed by atoms with Crippen LogP contribution >= 0.6 is 0 Å². The topological polar surface area (TPSA) is 95.6 Å².